The first-order valence-corrected chi connectivity index (χ1v) is 10.4. The summed E-state index contributed by atoms with van der Waals surface area (Å²) >= 11 is 0. The minimum atomic E-state index is -0.656. The Kier molecular flexibility index (Phi) is 7.98. The van der Waals surface area contributed by atoms with Crippen LogP contribution in [-0.4, -0.2) is 35.7 Å². The first-order valence-electron chi connectivity index (χ1n) is 10.4. The molecule has 3 rings (SSSR count). The second-order valence-corrected chi connectivity index (χ2v) is 7.32. The Balaban J connectivity index is 1.89. The fraction of sp³-hybridized carbons (Fsp3) is 0.261. The topological polar surface area (TPSA) is 122 Å². The van der Waals surface area contributed by atoms with Crippen LogP contribution in [0, 0.1) is 5.82 Å². The van der Waals surface area contributed by atoms with E-state index in [4.69, 9.17) is 10.5 Å². The number of aromatic nitrogens is 2. The van der Waals surface area contributed by atoms with Crippen LogP contribution in [0.5, 0.6) is 0 Å². The molecule has 0 saturated carbocycles. The van der Waals surface area contributed by atoms with Crippen molar-refractivity contribution in [2.24, 2.45) is 0 Å². The predicted molar refractivity (Wildman–Crippen MR) is 125 cm³/mol. The number of amides is 1. The number of nitrogens with zero attached hydrogens (tertiary/aromatic N) is 2. The van der Waals surface area contributed by atoms with E-state index in [9.17, 15) is 18.8 Å². The first-order chi connectivity index (χ1) is 15.9. The number of carbonyl (C=O) groups excluding carboxylic acids is 1. The molecule has 0 bridgehead atoms. The smallest absolute Gasteiger partial charge is 0.330 e. The summed E-state index contributed by atoms with van der Waals surface area (Å²) in [7, 11) is 1.49. The molecule has 0 saturated heterocycles. The Bertz CT molecular complexity index is 1210. The van der Waals surface area contributed by atoms with Gasteiger partial charge in [-0.25, -0.2) is 9.18 Å². The Morgan fingerprint density at radius 2 is 1.85 bits per heavy atom. The first kappa shape index (κ1) is 23.7. The van der Waals surface area contributed by atoms with Crippen LogP contribution in [0.25, 0.3) is 0 Å². The molecule has 1 aromatic heterocycles. The zero-order chi connectivity index (χ0) is 23.8. The molecular formula is C23H26FN5O4. The minimum absolute atomic E-state index is 0.0220. The van der Waals surface area contributed by atoms with Crippen LogP contribution in [0.4, 0.5) is 21.6 Å². The van der Waals surface area contributed by atoms with Gasteiger partial charge < -0.3 is 20.7 Å². The lowest BCUT2D eigenvalue weighted by Gasteiger charge is -2.26. The van der Waals surface area contributed by atoms with Gasteiger partial charge in [-0.1, -0.05) is 42.5 Å². The molecule has 1 heterocycles. The number of nitrogens with one attached hydrogen (secondary N) is 2. The zero-order valence-electron chi connectivity index (χ0n) is 18.2. The van der Waals surface area contributed by atoms with E-state index >= 15 is 0 Å². The van der Waals surface area contributed by atoms with Gasteiger partial charge in [0, 0.05) is 26.6 Å². The molecule has 2 aromatic carbocycles. The lowest BCUT2D eigenvalue weighted by Crippen LogP contribution is -2.39. The number of carbonyl (C=O) groups is 1. The van der Waals surface area contributed by atoms with E-state index in [1.54, 1.807) is 11.0 Å². The second kappa shape index (κ2) is 11.1. The zero-order valence-corrected chi connectivity index (χ0v) is 18.2. The highest BCUT2D eigenvalue weighted by Gasteiger charge is 2.20. The van der Waals surface area contributed by atoms with Gasteiger partial charge in [0.25, 0.3) is 5.56 Å². The van der Waals surface area contributed by atoms with Crippen molar-refractivity contribution >= 4 is 23.1 Å². The number of ether oxygens (including phenoxy) is 1. The highest BCUT2D eigenvalue weighted by molar-refractivity contribution is 5.91. The van der Waals surface area contributed by atoms with Gasteiger partial charge >= 0.3 is 5.69 Å². The molecule has 9 nitrogen and oxygen atoms in total. The standard InChI is InChI=1S/C23H26FN5O4/c1-33-14-13-29-21(25)20(22(31)27-23(29)32)28(15-16-7-3-2-4-8-16)12-11-19(30)26-18-10-6-5-9-17(18)24/h2-10H,11-15,25H2,1H3,(H,26,30)(H,27,31,32). The van der Waals surface area contributed by atoms with Gasteiger partial charge in [-0.05, 0) is 17.7 Å². The van der Waals surface area contributed by atoms with E-state index in [1.807, 2.05) is 30.3 Å². The molecule has 3 aromatic rings. The summed E-state index contributed by atoms with van der Waals surface area (Å²) in [6.45, 7) is 0.742. The van der Waals surface area contributed by atoms with E-state index in [0.717, 1.165) is 5.56 Å². The molecule has 10 heteroatoms. The van der Waals surface area contributed by atoms with Crippen LogP contribution in [-0.2, 0) is 22.6 Å². The average molecular weight is 455 g/mol. The number of hydrogen-bond donors (Lipinski definition) is 3. The third-order valence-electron chi connectivity index (χ3n) is 5.02. The maximum Gasteiger partial charge on any atom is 0.330 e. The van der Waals surface area contributed by atoms with Crippen LogP contribution >= 0.6 is 0 Å². The minimum Gasteiger partial charge on any atom is -0.383 e. The number of benzene rings is 2. The molecule has 0 unspecified atom stereocenters. The average Bonchev–Trinajstić information content (AvgIpc) is 2.79. The molecule has 1 amide bonds. The van der Waals surface area contributed by atoms with Crippen LogP contribution < -0.4 is 27.2 Å². The fourth-order valence-electron chi connectivity index (χ4n) is 3.37. The van der Waals surface area contributed by atoms with Crippen LogP contribution in [0.15, 0.2) is 64.2 Å². The van der Waals surface area contributed by atoms with Crippen molar-refractivity contribution in [2.45, 2.75) is 19.5 Å². The number of methoxy groups -OCH3 is 1. The summed E-state index contributed by atoms with van der Waals surface area (Å²) in [5.74, 6) is -0.995. The van der Waals surface area contributed by atoms with Crippen molar-refractivity contribution in [3.8, 4) is 0 Å². The van der Waals surface area contributed by atoms with E-state index < -0.39 is 23.0 Å². The lowest BCUT2D eigenvalue weighted by atomic mass is 10.2. The number of nitrogen functional groups attached to an aromatic ring is 1. The summed E-state index contributed by atoms with van der Waals surface area (Å²) in [5, 5.41) is 2.53. The van der Waals surface area contributed by atoms with E-state index in [1.165, 1.54) is 29.9 Å². The SMILES string of the molecule is COCCn1c(N)c(N(CCC(=O)Nc2ccccc2F)Cc2ccccc2)c(=O)[nH]c1=O. The van der Waals surface area contributed by atoms with E-state index in [0.29, 0.717) is 0 Å². The van der Waals surface area contributed by atoms with Crippen LogP contribution in [0.3, 0.4) is 0 Å². The van der Waals surface area contributed by atoms with Gasteiger partial charge in [-0.2, -0.15) is 0 Å². The summed E-state index contributed by atoms with van der Waals surface area (Å²) in [6, 6.07) is 15.2. The summed E-state index contributed by atoms with van der Waals surface area (Å²) < 4.78 is 20.1. The highest BCUT2D eigenvalue weighted by Crippen LogP contribution is 2.20. The van der Waals surface area contributed by atoms with Gasteiger partial charge in [0.2, 0.25) is 5.91 Å². The van der Waals surface area contributed by atoms with Gasteiger partial charge in [0.1, 0.15) is 17.3 Å². The van der Waals surface area contributed by atoms with Gasteiger partial charge in [0.05, 0.1) is 18.8 Å². The number of anilines is 3. The summed E-state index contributed by atoms with van der Waals surface area (Å²) in [5.41, 5.74) is 5.95. The molecule has 0 aliphatic rings. The highest BCUT2D eigenvalue weighted by atomic mass is 19.1. The Morgan fingerprint density at radius 3 is 2.55 bits per heavy atom. The number of halogens is 1. The Labute approximate surface area is 189 Å². The van der Waals surface area contributed by atoms with Crippen molar-refractivity contribution in [1.29, 1.82) is 0 Å². The fourth-order valence-corrected chi connectivity index (χ4v) is 3.37. The second-order valence-electron chi connectivity index (χ2n) is 7.32. The van der Waals surface area contributed by atoms with Crippen molar-refractivity contribution in [3.05, 3.63) is 86.8 Å². The number of hydrogen-bond acceptors (Lipinski definition) is 6. The monoisotopic (exact) mass is 455 g/mol. The maximum atomic E-state index is 13.9. The molecule has 33 heavy (non-hydrogen) atoms. The number of rotatable bonds is 10. The molecule has 0 spiro atoms. The molecular weight excluding hydrogens is 429 g/mol. The van der Waals surface area contributed by atoms with Crippen molar-refractivity contribution in [2.75, 3.05) is 36.2 Å². The van der Waals surface area contributed by atoms with Crippen molar-refractivity contribution in [3.63, 3.8) is 0 Å². The lowest BCUT2D eigenvalue weighted by molar-refractivity contribution is -0.116. The third-order valence-corrected chi connectivity index (χ3v) is 5.02. The molecule has 0 aliphatic heterocycles. The van der Waals surface area contributed by atoms with Gasteiger partial charge in [-0.15, -0.1) is 0 Å². The number of para-hydroxylation sites is 1. The van der Waals surface area contributed by atoms with Crippen LogP contribution in [0.1, 0.15) is 12.0 Å². The van der Waals surface area contributed by atoms with Crippen molar-refractivity contribution in [1.82, 2.24) is 9.55 Å². The van der Waals surface area contributed by atoms with Gasteiger partial charge in [0.15, 0.2) is 0 Å². The van der Waals surface area contributed by atoms with E-state index in [2.05, 4.69) is 10.3 Å². The predicted octanol–water partition coefficient (Wildman–Crippen LogP) is 1.94. The molecule has 0 atom stereocenters. The quantitative estimate of drug-likeness (QED) is 0.429. The molecule has 0 aliphatic carbocycles. The third kappa shape index (κ3) is 6.07. The summed E-state index contributed by atoms with van der Waals surface area (Å²) in [6.07, 6.45) is -0.0444. The van der Waals surface area contributed by atoms with Gasteiger partial charge in [-0.3, -0.25) is 19.1 Å². The normalized spacial score (nSPS) is 10.7. The Morgan fingerprint density at radius 1 is 1.15 bits per heavy atom. The Hall–Kier alpha value is -3.92. The molecule has 174 valence electrons. The number of H-pyrrole nitrogens is 1. The summed E-state index contributed by atoms with van der Waals surface area (Å²) in [4.78, 5) is 41.4. The number of aromatic amines is 1. The van der Waals surface area contributed by atoms with Crippen LogP contribution in [0.2, 0.25) is 0 Å². The maximum absolute atomic E-state index is 13.9. The number of nitrogens with two attached hydrogens (primary N) is 1. The van der Waals surface area contributed by atoms with E-state index in [-0.39, 0.29) is 49.9 Å². The van der Waals surface area contributed by atoms with Crippen molar-refractivity contribution < 1.29 is 13.9 Å². The largest absolute Gasteiger partial charge is 0.383 e. The molecule has 0 fully saturated rings. The molecule has 4 N–H and O–H groups in total. The molecule has 0 radical (unpaired) electrons.